The number of aryl methyl sites for hydroxylation is 1. The Hall–Kier alpha value is -2.97. The number of hydrogen-bond donors (Lipinski definition) is 1. The highest BCUT2D eigenvalue weighted by atomic mass is 32.2. The molecule has 1 aliphatic rings. The third-order valence-electron chi connectivity index (χ3n) is 5.32. The predicted molar refractivity (Wildman–Crippen MR) is 118 cm³/mol. The number of oxazole rings is 1. The molecule has 0 saturated carbocycles. The molecule has 162 valence electrons. The van der Waals surface area contributed by atoms with E-state index in [1.807, 2.05) is 30.3 Å². The van der Waals surface area contributed by atoms with Gasteiger partial charge in [-0.15, -0.1) is 0 Å². The monoisotopic (exact) mass is 439 g/mol. The second kappa shape index (κ2) is 9.03. The van der Waals surface area contributed by atoms with Crippen LogP contribution in [0.3, 0.4) is 0 Å². The molecule has 3 aromatic rings. The Morgan fingerprint density at radius 3 is 2.58 bits per heavy atom. The van der Waals surface area contributed by atoms with Gasteiger partial charge in [-0.05, 0) is 49.6 Å². The Balaban J connectivity index is 1.47. The summed E-state index contributed by atoms with van der Waals surface area (Å²) in [5, 5.41) is 2.78. The van der Waals surface area contributed by atoms with Crippen LogP contribution in [0.4, 0.5) is 5.69 Å². The number of nitrogens with zero attached hydrogens (tertiary/aromatic N) is 2. The molecule has 0 radical (unpaired) electrons. The molecule has 31 heavy (non-hydrogen) atoms. The summed E-state index contributed by atoms with van der Waals surface area (Å²) in [7, 11) is -3.58. The quantitative estimate of drug-likeness (QED) is 0.627. The number of carbonyl (C=O) groups is 1. The van der Waals surface area contributed by atoms with Crippen LogP contribution in [0, 0.1) is 6.92 Å². The summed E-state index contributed by atoms with van der Waals surface area (Å²) in [5.41, 5.74) is 2.44. The van der Waals surface area contributed by atoms with Gasteiger partial charge in [-0.25, -0.2) is 13.4 Å². The minimum absolute atomic E-state index is 0.0262. The third-order valence-corrected chi connectivity index (χ3v) is 7.36. The van der Waals surface area contributed by atoms with Crippen LogP contribution in [-0.2, 0) is 21.2 Å². The second-order valence-corrected chi connectivity index (χ2v) is 9.59. The van der Waals surface area contributed by atoms with Gasteiger partial charge in [0, 0.05) is 24.3 Å². The highest BCUT2D eigenvalue weighted by Gasteiger charge is 2.27. The summed E-state index contributed by atoms with van der Waals surface area (Å²) in [6.45, 7) is 2.84. The van der Waals surface area contributed by atoms with Gasteiger partial charge in [0.25, 0.3) is 0 Å². The number of hydrogen-bond acceptors (Lipinski definition) is 5. The van der Waals surface area contributed by atoms with E-state index < -0.39 is 10.0 Å². The van der Waals surface area contributed by atoms with Crippen LogP contribution < -0.4 is 5.32 Å². The van der Waals surface area contributed by atoms with E-state index in [9.17, 15) is 13.2 Å². The zero-order valence-electron chi connectivity index (χ0n) is 17.4. The van der Waals surface area contributed by atoms with E-state index in [0.29, 0.717) is 35.9 Å². The first kappa shape index (κ1) is 21.3. The number of nitrogens with one attached hydrogen (secondary N) is 1. The summed E-state index contributed by atoms with van der Waals surface area (Å²) in [6.07, 6.45) is 4.28. The van der Waals surface area contributed by atoms with Crippen LogP contribution in [-0.4, -0.2) is 36.7 Å². The first-order valence-corrected chi connectivity index (χ1v) is 11.8. The van der Waals surface area contributed by atoms with Crippen molar-refractivity contribution in [1.29, 1.82) is 0 Å². The van der Waals surface area contributed by atoms with Gasteiger partial charge in [0.15, 0.2) is 0 Å². The number of rotatable bonds is 6. The average molecular weight is 440 g/mol. The van der Waals surface area contributed by atoms with Gasteiger partial charge in [0.05, 0.1) is 17.0 Å². The Morgan fingerprint density at radius 1 is 1.10 bits per heavy atom. The normalized spacial score (nSPS) is 15.0. The van der Waals surface area contributed by atoms with Gasteiger partial charge < -0.3 is 9.73 Å². The van der Waals surface area contributed by atoms with Crippen molar-refractivity contribution >= 4 is 21.6 Å². The number of carbonyl (C=O) groups excluding carboxylic acids is 1. The second-order valence-electron chi connectivity index (χ2n) is 7.68. The molecule has 0 atom stereocenters. The summed E-state index contributed by atoms with van der Waals surface area (Å²) in [6, 6.07) is 14.4. The van der Waals surface area contributed by atoms with Crippen molar-refractivity contribution in [3.8, 4) is 11.5 Å². The van der Waals surface area contributed by atoms with Gasteiger partial charge in [0.1, 0.15) is 6.26 Å². The Bertz CT molecular complexity index is 1170. The topological polar surface area (TPSA) is 92.5 Å². The number of amides is 1. The zero-order valence-corrected chi connectivity index (χ0v) is 18.2. The highest BCUT2D eigenvalue weighted by Crippen LogP contribution is 2.26. The number of benzene rings is 2. The molecule has 1 aliphatic heterocycles. The molecule has 0 aliphatic carbocycles. The van der Waals surface area contributed by atoms with E-state index in [1.54, 1.807) is 19.1 Å². The summed E-state index contributed by atoms with van der Waals surface area (Å²) < 4.78 is 33.1. The molecule has 8 heteroatoms. The predicted octanol–water partition coefficient (Wildman–Crippen LogP) is 4.01. The minimum Gasteiger partial charge on any atom is -0.444 e. The minimum atomic E-state index is -3.58. The van der Waals surface area contributed by atoms with Crippen molar-refractivity contribution in [3.63, 3.8) is 0 Å². The number of aromatic nitrogens is 1. The lowest BCUT2D eigenvalue weighted by Gasteiger charge is -2.26. The van der Waals surface area contributed by atoms with E-state index in [2.05, 4.69) is 10.3 Å². The molecular formula is C23H25N3O4S. The molecule has 1 N–H and O–H groups in total. The fourth-order valence-corrected chi connectivity index (χ4v) is 5.44. The van der Waals surface area contributed by atoms with E-state index in [1.165, 1.54) is 16.6 Å². The molecule has 0 bridgehead atoms. The fraction of sp³-hybridized carbons (Fsp3) is 0.304. The first-order chi connectivity index (χ1) is 14.9. The van der Waals surface area contributed by atoms with Crippen molar-refractivity contribution in [1.82, 2.24) is 9.29 Å². The lowest BCUT2D eigenvalue weighted by molar-refractivity contribution is -0.115. The Kier molecular flexibility index (Phi) is 6.20. The molecule has 2 heterocycles. The molecule has 0 spiro atoms. The third kappa shape index (κ3) is 4.86. The number of piperidine rings is 1. The van der Waals surface area contributed by atoms with Gasteiger partial charge in [-0.2, -0.15) is 4.31 Å². The summed E-state index contributed by atoms with van der Waals surface area (Å²) in [4.78, 5) is 17.1. The van der Waals surface area contributed by atoms with Crippen molar-refractivity contribution in [2.75, 3.05) is 18.4 Å². The van der Waals surface area contributed by atoms with Gasteiger partial charge >= 0.3 is 0 Å². The lowest BCUT2D eigenvalue weighted by Crippen LogP contribution is -2.36. The zero-order chi connectivity index (χ0) is 21.8. The number of sulfonamides is 1. The standard InChI is InChI=1S/C23H25N3O4S/c1-17-10-11-19(14-21(17)31(28,29)26-12-6-3-7-13-26)24-22(27)15-20-16-30-23(25-20)18-8-4-2-5-9-18/h2,4-5,8-11,14,16H,3,6-7,12-13,15H2,1H3,(H,24,27). The highest BCUT2D eigenvalue weighted by molar-refractivity contribution is 7.89. The molecular weight excluding hydrogens is 414 g/mol. The van der Waals surface area contributed by atoms with E-state index >= 15 is 0 Å². The average Bonchev–Trinajstić information content (AvgIpc) is 3.24. The molecule has 0 unspecified atom stereocenters. The molecule has 1 saturated heterocycles. The fourth-order valence-electron chi connectivity index (χ4n) is 3.67. The van der Waals surface area contributed by atoms with Crippen LogP contribution in [0.5, 0.6) is 0 Å². The molecule has 4 rings (SSSR count). The van der Waals surface area contributed by atoms with Crippen molar-refractivity contribution in [2.24, 2.45) is 0 Å². The smallest absolute Gasteiger partial charge is 0.243 e. The lowest BCUT2D eigenvalue weighted by atomic mass is 10.2. The van der Waals surface area contributed by atoms with E-state index in [-0.39, 0.29) is 17.2 Å². The maximum absolute atomic E-state index is 13.1. The van der Waals surface area contributed by atoms with Gasteiger partial charge in [-0.1, -0.05) is 30.7 Å². The molecule has 2 aromatic carbocycles. The van der Waals surface area contributed by atoms with Crippen LogP contribution in [0.2, 0.25) is 0 Å². The van der Waals surface area contributed by atoms with Crippen molar-refractivity contribution < 1.29 is 17.6 Å². The molecule has 1 amide bonds. The van der Waals surface area contributed by atoms with Crippen LogP contribution in [0.25, 0.3) is 11.5 Å². The SMILES string of the molecule is Cc1ccc(NC(=O)Cc2coc(-c3ccccc3)n2)cc1S(=O)(=O)N1CCCCC1. The van der Waals surface area contributed by atoms with E-state index in [0.717, 1.165) is 24.8 Å². The van der Waals surface area contributed by atoms with Gasteiger partial charge in [-0.3, -0.25) is 4.79 Å². The van der Waals surface area contributed by atoms with E-state index in [4.69, 9.17) is 4.42 Å². The largest absolute Gasteiger partial charge is 0.444 e. The molecule has 1 aromatic heterocycles. The summed E-state index contributed by atoms with van der Waals surface area (Å²) >= 11 is 0. The maximum atomic E-state index is 13.1. The van der Waals surface area contributed by atoms with Crippen molar-refractivity contribution in [2.45, 2.75) is 37.5 Å². The maximum Gasteiger partial charge on any atom is 0.243 e. The first-order valence-electron chi connectivity index (χ1n) is 10.3. The van der Waals surface area contributed by atoms with Crippen LogP contribution in [0.1, 0.15) is 30.5 Å². The molecule has 1 fully saturated rings. The Morgan fingerprint density at radius 2 is 1.84 bits per heavy atom. The van der Waals surface area contributed by atoms with Crippen molar-refractivity contribution in [3.05, 3.63) is 66.1 Å². The van der Waals surface area contributed by atoms with Gasteiger partial charge in [0.2, 0.25) is 21.8 Å². The number of anilines is 1. The summed E-state index contributed by atoms with van der Waals surface area (Å²) in [5.74, 6) is 0.159. The molecule has 7 nitrogen and oxygen atoms in total. The Labute approximate surface area is 182 Å². The van der Waals surface area contributed by atoms with Crippen LogP contribution >= 0.6 is 0 Å². The van der Waals surface area contributed by atoms with Crippen LogP contribution in [0.15, 0.2) is 64.1 Å².